The Balaban J connectivity index is 1.79. The first-order valence-corrected chi connectivity index (χ1v) is 8.02. The fourth-order valence-electron chi connectivity index (χ4n) is 2.77. The van der Waals surface area contributed by atoms with Gasteiger partial charge < -0.3 is 4.90 Å². The molecule has 0 saturated carbocycles. The van der Waals surface area contributed by atoms with Crippen LogP contribution in [0.4, 0.5) is 5.69 Å². The largest absolute Gasteiger partial charge is 0.308 e. The minimum absolute atomic E-state index is 0.110. The van der Waals surface area contributed by atoms with E-state index in [4.69, 9.17) is 0 Å². The van der Waals surface area contributed by atoms with Crippen LogP contribution in [-0.2, 0) is 11.2 Å². The number of hydrogen-bond acceptors (Lipinski definition) is 3. The molecule has 0 aliphatic carbocycles. The fourth-order valence-corrected chi connectivity index (χ4v) is 3.67. The van der Waals surface area contributed by atoms with E-state index in [9.17, 15) is 4.79 Å². The molecule has 0 N–H and O–H groups in total. The molecular formula is C17H18N2OS. The third kappa shape index (κ3) is 2.81. The molecule has 0 radical (unpaired) electrons. The van der Waals surface area contributed by atoms with E-state index in [1.807, 2.05) is 42.2 Å². The lowest BCUT2D eigenvalue weighted by Crippen LogP contribution is -2.40. The van der Waals surface area contributed by atoms with Crippen LogP contribution in [0.5, 0.6) is 0 Å². The van der Waals surface area contributed by atoms with Gasteiger partial charge in [-0.2, -0.15) is 0 Å². The predicted molar refractivity (Wildman–Crippen MR) is 86.7 cm³/mol. The molecule has 1 aromatic heterocycles. The number of nitrogens with zero attached hydrogens (tertiary/aromatic N) is 2. The van der Waals surface area contributed by atoms with Crippen molar-refractivity contribution in [2.45, 2.75) is 36.5 Å². The number of carbonyl (C=O) groups excluding carboxylic acids is 1. The second-order valence-electron chi connectivity index (χ2n) is 5.33. The summed E-state index contributed by atoms with van der Waals surface area (Å²) in [5.41, 5.74) is 2.33. The van der Waals surface area contributed by atoms with E-state index in [1.54, 1.807) is 24.2 Å². The SMILES string of the molecule is C[C@@H](Sc1ccncc1)C(=O)N1c2ccccc2C[C@@H]1C. The van der Waals surface area contributed by atoms with Gasteiger partial charge in [0.15, 0.2) is 0 Å². The van der Waals surface area contributed by atoms with Gasteiger partial charge in [0.1, 0.15) is 0 Å². The fraction of sp³-hybridized carbons (Fsp3) is 0.294. The van der Waals surface area contributed by atoms with Crippen molar-refractivity contribution in [3.63, 3.8) is 0 Å². The van der Waals surface area contributed by atoms with Gasteiger partial charge in [-0.05, 0) is 44.0 Å². The van der Waals surface area contributed by atoms with Gasteiger partial charge in [0.2, 0.25) is 5.91 Å². The standard InChI is InChI=1S/C17H18N2OS/c1-12-11-14-5-3-4-6-16(14)19(12)17(20)13(2)21-15-7-9-18-10-8-15/h3-10,12-13H,11H2,1-2H3/t12-,13+/m0/s1. The Kier molecular flexibility index (Phi) is 3.97. The lowest BCUT2D eigenvalue weighted by Gasteiger charge is -2.25. The smallest absolute Gasteiger partial charge is 0.240 e. The zero-order chi connectivity index (χ0) is 14.8. The summed E-state index contributed by atoms with van der Waals surface area (Å²) in [5, 5.41) is -0.110. The molecule has 0 saturated heterocycles. The van der Waals surface area contributed by atoms with Crippen LogP contribution < -0.4 is 4.90 Å². The van der Waals surface area contributed by atoms with Crippen molar-refractivity contribution >= 4 is 23.4 Å². The Morgan fingerprint density at radius 1 is 1.29 bits per heavy atom. The first kappa shape index (κ1) is 14.1. The molecule has 1 aromatic carbocycles. The molecule has 3 nitrogen and oxygen atoms in total. The Morgan fingerprint density at radius 2 is 2.00 bits per heavy atom. The number of anilines is 1. The van der Waals surface area contributed by atoms with Crippen LogP contribution in [0.15, 0.2) is 53.7 Å². The highest BCUT2D eigenvalue weighted by molar-refractivity contribution is 8.00. The van der Waals surface area contributed by atoms with E-state index in [2.05, 4.69) is 18.0 Å². The lowest BCUT2D eigenvalue weighted by atomic mass is 10.1. The first-order valence-electron chi connectivity index (χ1n) is 7.14. The Hall–Kier alpha value is -1.81. The van der Waals surface area contributed by atoms with Gasteiger partial charge >= 0.3 is 0 Å². The van der Waals surface area contributed by atoms with Gasteiger partial charge in [-0.15, -0.1) is 11.8 Å². The van der Waals surface area contributed by atoms with Crippen LogP contribution in [0.1, 0.15) is 19.4 Å². The minimum Gasteiger partial charge on any atom is -0.308 e. The Bertz CT molecular complexity index is 644. The van der Waals surface area contributed by atoms with Crippen molar-refractivity contribution in [2.75, 3.05) is 4.90 Å². The van der Waals surface area contributed by atoms with Crippen LogP contribution in [-0.4, -0.2) is 22.2 Å². The third-order valence-electron chi connectivity index (χ3n) is 3.76. The number of thioether (sulfide) groups is 1. The number of amides is 1. The highest BCUT2D eigenvalue weighted by Crippen LogP contribution is 2.34. The molecule has 108 valence electrons. The van der Waals surface area contributed by atoms with Crippen LogP contribution in [0.2, 0.25) is 0 Å². The molecule has 21 heavy (non-hydrogen) atoms. The summed E-state index contributed by atoms with van der Waals surface area (Å²) >= 11 is 1.58. The van der Waals surface area contributed by atoms with E-state index in [-0.39, 0.29) is 17.2 Å². The van der Waals surface area contributed by atoms with Gasteiger partial charge in [0, 0.05) is 29.0 Å². The molecule has 0 unspecified atom stereocenters. The topological polar surface area (TPSA) is 33.2 Å². The molecule has 2 atom stereocenters. The van der Waals surface area contributed by atoms with Gasteiger partial charge in [0.05, 0.1) is 5.25 Å². The van der Waals surface area contributed by atoms with Crippen LogP contribution in [0.3, 0.4) is 0 Å². The molecule has 0 spiro atoms. The highest BCUT2D eigenvalue weighted by Gasteiger charge is 2.33. The molecule has 4 heteroatoms. The second kappa shape index (κ2) is 5.90. The van der Waals surface area contributed by atoms with Gasteiger partial charge in [-0.3, -0.25) is 9.78 Å². The molecule has 1 aliphatic rings. The summed E-state index contributed by atoms with van der Waals surface area (Å²) in [4.78, 5) is 19.8. The van der Waals surface area contributed by atoms with Crippen LogP contribution in [0, 0.1) is 0 Å². The normalized spacial score (nSPS) is 18.4. The molecular weight excluding hydrogens is 280 g/mol. The molecule has 1 amide bonds. The summed E-state index contributed by atoms with van der Waals surface area (Å²) in [7, 11) is 0. The molecule has 2 heterocycles. The number of benzene rings is 1. The average molecular weight is 298 g/mol. The van der Waals surface area contributed by atoms with E-state index >= 15 is 0 Å². The molecule has 0 fully saturated rings. The maximum absolute atomic E-state index is 12.8. The summed E-state index contributed by atoms with van der Waals surface area (Å²) in [6, 6.07) is 12.3. The number of fused-ring (bicyclic) bond motifs is 1. The van der Waals surface area contributed by atoms with E-state index in [1.165, 1.54) is 5.56 Å². The van der Waals surface area contributed by atoms with E-state index in [0.717, 1.165) is 17.0 Å². The number of hydrogen-bond donors (Lipinski definition) is 0. The maximum Gasteiger partial charge on any atom is 0.240 e. The van der Waals surface area contributed by atoms with Crippen molar-refractivity contribution in [2.24, 2.45) is 0 Å². The Morgan fingerprint density at radius 3 is 2.76 bits per heavy atom. The number of pyridine rings is 1. The first-order chi connectivity index (χ1) is 10.2. The lowest BCUT2D eigenvalue weighted by molar-refractivity contribution is -0.118. The zero-order valence-corrected chi connectivity index (χ0v) is 13.0. The highest BCUT2D eigenvalue weighted by atomic mass is 32.2. The summed E-state index contributed by atoms with van der Waals surface area (Å²) in [6.07, 6.45) is 4.45. The van der Waals surface area contributed by atoms with E-state index < -0.39 is 0 Å². The van der Waals surface area contributed by atoms with Gasteiger partial charge in [-0.25, -0.2) is 0 Å². The van der Waals surface area contributed by atoms with Gasteiger partial charge in [-0.1, -0.05) is 18.2 Å². The monoisotopic (exact) mass is 298 g/mol. The quantitative estimate of drug-likeness (QED) is 0.813. The third-order valence-corrected chi connectivity index (χ3v) is 4.85. The molecule has 1 aliphatic heterocycles. The van der Waals surface area contributed by atoms with Crippen molar-refractivity contribution < 1.29 is 4.79 Å². The van der Waals surface area contributed by atoms with E-state index in [0.29, 0.717) is 0 Å². The van der Waals surface area contributed by atoms with Crippen LogP contribution in [0.25, 0.3) is 0 Å². The number of rotatable bonds is 3. The molecule has 3 rings (SSSR count). The summed E-state index contributed by atoms with van der Waals surface area (Å²) in [5.74, 6) is 0.175. The summed E-state index contributed by atoms with van der Waals surface area (Å²) < 4.78 is 0. The predicted octanol–water partition coefficient (Wildman–Crippen LogP) is 3.54. The van der Waals surface area contributed by atoms with Crippen molar-refractivity contribution in [3.8, 4) is 0 Å². The zero-order valence-electron chi connectivity index (χ0n) is 12.2. The number of carbonyl (C=O) groups is 1. The van der Waals surface area contributed by atoms with Crippen molar-refractivity contribution in [1.29, 1.82) is 0 Å². The molecule has 0 bridgehead atoms. The average Bonchev–Trinajstić information content (AvgIpc) is 2.83. The molecule has 2 aromatic rings. The second-order valence-corrected chi connectivity index (χ2v) is 6.75. The van der Waals surface area contributed by atoms with Crippen LogP contribution >= 0.6 is 11.8 Å². The number of aromatic nitrogens is 1. The Labute approximate surface area is 129 Å². The summed E-state index contributed by atoms with van der Waals surface area (Å²) in [6.45, 7) is 4.09. The maximum atomic E-state index is 12.8. The van der Waals surface area contributed by atoms with Crippen molar-refractivity contribution in [3.05, 3.63) is 54.4 Å². The van der Waals surface area contributed by atoms with Crippen molar-refractivity contribution in [1.82, 2.24) is 4.98 Å². The number of para-hydroxylation sites is 1. The van der Waals surface area contributed by atoms with Gasteiger partial charge in [0.25, 0.3) is 0 Å². The minimum atomic E-state index is -0.110.